The summed E-state index contributed by atoms with van der Waals surface area (Å²) in [6, 6.07) is 6.14. The number of rotatable bonds is 5. The molecule has 19 heavy (non-hydrogen) atoms. The van der Waals surface area contributed by atoms with Gasteiger partial charge in [-0.2, -0.15) is 0 Å². The van der Waals surface area contributed by atoms with Crippen molar-refractivity contribution in [3.63, 3.8) is 0 Å². The highest BCUT2D eigenvalue weighted by molar-refractivity contribution is 5.51. The summed E-state index contributed by atoms with van der Waals surface area (Å²) in [5.41, 5.74) is 0. The number of para-hydroxylation sites is 1. The third-order valence-corrected chi connectivity index (χ3v) is 3.01. The second kappa shape index (κ2) is 6.63. The predicted molar refractivity (Wildman–Crippen MR) is 72.2 cm³/mol. The number of morpholine rings is 1. The Morgan fingerprint density at radius 1 is 1.21 bits per heavy atom. The maximum Gasteiger partial charge on any atom is 0.203 e. The summed E-state index contributed by atoms with van der Waals surface area (Å²) in [6.07, 6.45) is 0. The second-order valence-corrected chi connectivity index (χ2v) is 4.60. The monoisotopic (exact) mass is 267 g/mol. The van der Waals surface area contributed by atoms with Gasteiger partial charge < -0.3 is 24.3 Å². The average molecular weight is 267 g/mol. The number of nitrogens with one attached hydrogen (secondary N) is 1. The number of ether oxygens (including phenoxy) is 4. The molecule has 1 fully saturated rings. The van der Waals surface area contributed by atoms with Gasteiger partial charge in [0.05, 0.1) is 33.5 Å². The standard InChI is InChI=1S/C14H21NO4/c1-10-7-18-8-11(15-10)9-19-13-6-4-5-12(16-2)14(13)17-3/h4-6,10-11,15H,7-9H2,1-3H3. The first kappa shape index (κ1) is 14.0. The van der Waals surface area contributed by atoms with Crippen LogP contribution in [0, 0.1) is 0 Å². The van der Waals surface area contributed by atoms with E-state index in [1.54, 1.807) is 14.2 Å². The van der Waals surface area contributed by atoms with Gasteiger partial charge in [0.15, 0.2) is 11.5 Å². The van der Waals surface area contributed by atoms with E-state index in [-0.39, 0.29) is 6.04 Å². The van der Waals surface area contributed by atoms with Gasteiger partial charge in [-0.3, -0.25) is 0 Å². The number of hydrogen-bond donors (Lipinski definition) is 1. The van der Waals surface area contributed by atoms with E-state index < -0.39 is 0 Å². The molecule has 1 saturated heterocycles. The normalized spacial score (nSPS) is 22.9. The van der Waals surface area contributed by atoms with E-state index in [2.05, 4.69) is 12.2 Å². The van der Waals surface area contributed by atoms with Gasteiger partial charge >= 0.3 is 0 Å². The number of methoxy groups -OCH3 is 2. The topological polar surface area (TPSA) is 49.0 Å². The molecule has 0 radical (unpaired) electrons. The van der Waals surface area contributed by atoms with Crippen LogP contribution in [0.4, 0.5) is 0 Å². The van der Waals surface area contributed by atoms with Crippen molar-refractivity contribution in [1.29, 1.82) is 0 Å². The van der Waals surface area contributed by atoms with E-state index in [4.69, 9.17) is 18.9 Å². The SMILES string of the molecule is COc1cccc(OCC2COCC(C)N2)c1OC. The molecule has 106 valence electrons. The fraction of sp³-hybridized carbons (Fsp3) is 0.571. The number of hydrogen-bond acceptors (Lipinski definition) is 5. The molecule has 2 unspecified atom stereocenters. The smallest absolute Gasteiger partial charge is 0.203 e. The van der Waals surface area contributed by atoms with Crippen LogP contribution in [0.3, 0.4) is 0 Å². The molecular weight excluding hydrogens is 246 g/mol. The van der Waals surface area contributed by atoms with Gasteiger partial charge in [0.2, 0.25) is 5.75 Å². The minimum Gasteiger partial charge on any atom is -0.493 e. The molecule has 0 saturated carbocycles. The van der Waals surface area contributed by atoms with Crippen molar-refractivity contribution in [2.24, 2.45) is 0 Å². The summed E-state index contributed by atoms with van der Waals surface area (Å²) >= 11 is 0. The van der Waals surface area contributed by atoms with Crippen LogP contribution in [0.15, 0.2) is 18.2 Å². The van der Waals surface area contributed by atoms with Gasteiger partial charge in [-0.05, 0) is 19.1 Å². The molecule has 2 atom stereocenters. The lowest BCUT2D eigenvalue weighted by molar-refractivity contribution is 0.0349. The lowest BCUT2D eigenvalue weighted by Crippen LogP contribution is -2.50. The fourth-order valence-corrected chi connectivity index (χ4v) is 2.14. The first-order chi connectivity index (χ1) is 9.24. The van der Waals surface area contributed by atoms with Crippen LogP contribution in [0.2, 0.25) is 0 Å². The van der Waals surface area contributed by atoms with Gasteiger partial charge in [0.1, 0.15) is 6.61 Å². The quantitative estimate of drug-likeness (QED) is 0.875. The Morgan fingerprint density at radius 3 is 2.68 bits per heavy atom. The Hall–Kier alpha value is -1.46. The lowest BCUT2D eigenvalue weighted by Gasteiger charge is -2.29. The molecule has 0 spiro atoms. The summed E-state index contributed by atoms with van der Waals surface area (Å²) in [7, 11) is 3.22. The minimum atomic E-state index is 0.194. The zero-order chi connectivity index (χ0) is 13.7. The van der Waals surface area contributed by atoms with Gasteiger partial charge in [0, 0.05) is 6.04 Å². The van der Waals surface area contributed by atoms with Crippen molar-refractivity contribution in [2.75, 3.05) is 34.0 Å². The van der Waals surface area contributed by atoms with Crippen molar-refractivity contribution in [1.82, 2.24) is 5.32 Å². The molecule has 1 aromatic carbocycles. The maximum atomic E-state index is 5.81. The highest BCUT2D eigenvalue weighted by Crippen LogP contribution is 2.36. The minimum absolute atomic E-state index is 0.194. The van der Waals surface area contributed by atoms with Crippen LogP contribution in [0.25, 0.3) is 0 Å². The Bertz CT molecular complexity index is 410. The zero-order valence-electron chi connectivity index (χ0n) is 11.6. The zero-order valence-corrected chi connectivity index (χ0v) is 11.6. The third kappa shape index (κ3) is 3.52. The van der Waals surface area contributed by atoms with Gasteiger partial charge in [0.25, 0.3) is 0 Å². The highest BCUT2D eigenvalue weighted by Gasteiger charge is 2.20. The number of benzene rings is 1. The molecule has 1 aliphatic rings. The van der Waals surface area contributed by atoms with Crippen LogP contribution < -0.4 is 19.5 Å². The maximum absolute atomic E-state index is 5.81. The molecule has 0 aliphatic carbocycles. The summed E-state index contributed by atoms with van der Waals surface area (Å²) in [5.74, 6) is 1.97. The van der Waals surface area contributed by atoms with Crippen molar-refractivity contribution < 1.29 is 18.9 Å². The van der Waals surface area contributed by atoms with Crippen molar-refractivity contribution in [2.45, 2.75) is 19.0 Å². The van der Waals surface area contributed by atoms with E-state index in [1.807, 2.05) is 18.2 Å². The Morgan fingerprint density at radius 2 is 2.00 bits per heavy atom. The third-order valence-electron chi connectivity index (χ3n) is 3.01. The summed E-state index contributed by atoms with van der Waals surface area (Å²) < 4.78 is 21.9. The van der Waals surface area contributed by atoms with Crippen molar-refractivity contribution >= 4 is 0 Å². The molecule has 1 aromatic rings. The fourth-order valence-electron chi connectivity index (χ4n) is 2.14. The molecule has 1 N–H and O–H groups in total. The van der Waals surface area contributed by atoms with Crippen molar-refractivity contribution in [3.8, 4) is 17.2 Å². The molecular formula is C14H21NO4. The molecule has 5 nitrogen and oxygen atoms in total. The van der Waals surface area contributed by atoms with Gasteiger partial charge in [-0.25, -0.2) is 0 Å². The molecule has 0 aromatic heterocycles. The van der Waals surface area contributed by atoms with Gasteiger partial charge in [-0.15, -0.1) is 0 Å². The van der Waals surface area contributed by atoms with Crippen LogP contribution >= 0.6 is 0 Å². The molecule has 5 heteroatoms. The summed E-state index contributed by atoms with van der Waals surface area (Å²) in [6.45, 7) is 4.04. The van der Waals surface area contributed by atoms with E-state index >= 15 is 0 Å². The Kier molecular flexibility index (Phi) is 4.87. The van der Waals surface area contributed by atoms with E-state index in [0.29, 0.717) is 36.5 Å². The summed E-state index contributed by atoms with van der Waals surface area (Å²) in [4.78, 5) is 0. The summed E-state index contributed by atoms with van der Waals surface area (Å²) in [5, 5.41) is 3.43. The van der Waals surface area contributed by atoms with Crippen LogP contribution in [-0.2, 0) is 4.74 Å². The van der Waals surface area contributed by atoms with E-state index in [0.717, 1.165) is 6.61 Å². The molecule has 1 aliphatic heterocycles. The largest absolute Gasteiger partial charge is 0.493 e. The van der Waals surface area contributed by atoms with Crippen LogP contribution in [-0.4, -0.2) is 46.1 Å². The molecule has 0 amide bonds. The van der Waals surface area contributed by atoms with E-state index in [9.17, 15) is 0 Å². The van der Waals surface area contributed by atoms with E-state index in [1.165, 1.54) is 0 Å². The molecule has 0 bridgehead atoms. The average Bonchev–Trinajstić information content (AvgIpc) is 2.44. The predicted octanol–water partition coefficient (Wildman–Crippen LogP) is 1.46. The highest BCUT2D eigenvalue weighted by atomic mass is 16.5. The molecule has 2 rings (SSSR count). The van der Waals surface area contributed by atoms with Crippen molar-refractivity contribution in [3.05, 3.63) is 18.2 Å². The second-order valence-electron chi connectivity index (χ2n) is 4.60. The lowest BCUT2D eigenvalue weighted by atomic mass is 10.2. The van der Waals surface area contributed by atoms with Gasteiger partial charge in [-0.1, -0.05) is 6.07 Å². The van der Waals surface area contributed by atoms with Crippen LogP contribution in [0.1, 0.15) is 6.92 Å². The Labute approximate surface area is 113 Å². The first-order valence-electron chi connectivity index (χ1n) is 6.42. The Balaban J connectivity index is 1.99. The first-order valence-corrected chi connectivity index (χ1v) is 6.42. The molecule has 1 heterocycles. The van der Waals surface area contributed by atoms with Crippen LogP contribution in [0.5, 0.6) is 17.2 Å².